The normalized spacial score (nSPS) is 15.8. The Morgan fingerprint density at radius 1 is 1.33 bits per heavy atom. The smallest absolute Gasteiger partial charge is 0.0325 e. The fourth-order valence-corrected chi connectivity index (χ4v) is 3.23. The molecule has 0 spiro atoms. The van der Waals surface area contributed by atoms with Crippen LogP contribution in [0.4, 0.5) is 0 Å². The predicted molar refractivity (Wildman–Crippen MR) is 79.9 cm³/mol. The highest BCUT2D eigenvalue weighted by molar-refractivity contribution is 7.11. The summed E-state index contributed by atoms with van der Waals surface area (Å²) in [6.45, 7) is 9.02. The Balaban J connectivity index is 1.71. The van der Waals surface area contributed by atoms with Gasteiger partial charge in [-0.2, -0.15) is 0 Å². The molecule has 0 unspecified atom stereocenters. The molecule has 3 heteroatoms. The largest absolute Gasteiger partial charge is 0.312 e. The van der Waals surface area contributed by atoms with Gasteiger partial charge >= 0.3 is 0 Å². The Kier molecular flexibility index (Phi) is 5.22. The molecular formula is C15H26N2S. The van der Waals surface area contributed by atoms with Gasteiger partial charge in [0.25, 0.3) is 0 Å². The molecule has 18 heavy (non-hydrogen) atoms. The molecule has 0 amide bonds. The van der Waals surface area contributed by atoms with Gasteiger partial charge < -0.3 is 10.2 Å². The first-order valence-corrected chi connectivity index (χ1v) is 7.92. The average Bonchev–Trinajstić information content (AvgIpc) is 2.98. The van der Waals surface area contributed by atoms with E-state index in [2.05, 4.69) is 43.2 Å². The molecule has 2 rings (SSSR count). The maximum absolute atomic E-state index is 3.51. The van der Waals surface area contributed by atoms with Crippen molar-refractivity contribution >= 4 is 11.3 Å². The predicted octanol–water partition coefficient (Wildman–Crippen LogP) is 3.34. The van der Waals surface area contributed by atoms with E-state index >= 15 is 0 Å². The van der Waals surface area contributed by atoms with Gasteiger partial charge in [-0.15, -0.1) is 11.3 Å². The van der Waals surface area contributed by atoms with Crippen molar-refractivity contribution in [2.75, 3.05) is 20.1 Å². The quantitative estimate of drug-likeness (QED) is 0.776. The number of hydrogen-bond donors (Lipinski definition) is 1. The lowest BCUT2D eigenvalue weighted by atomic mass is 10.2. The first-order valence-electron chi connectivity index (χ1n) is 7.10. The second-order valence-corrected chi connectivity index (χ2v) is 7.29. The molecule has 1 aliphatic carbocycles. The van der Waals surface area contributed by atoms with Crippen LogP contribution in [-0.2, 0) is 13.1 Å². The average molecular weight is 266 g/mol. The fraction of sp³-hybridized carbons (Fsp3) is 0.733. The Morgan fingerprint density at radius 2 is 2.06 bits per heavy atom. The van der Waals surface area contributed by atoms with Crippen molar-refractivity contribution in [2.24, 2.45) is 11.8 Å². The van der Waals surface area contributed by atoms with Crippen LogP contribution in [0, 0.1) is 11.8 Å². The van der Waals surface area contributed by atoms with Crippen LogP contribution in [0.2, 0.25) is 0 Å². The van der Waals surface area contributed by atoms with Crippen LogP contribution in [0.25, 0.3) is 0 Å². The van der Waals surface area contributed by atoms with E-state index in [0.29, 0.717) is 0 Å². The second kappa shape index (κ2) is 6.69. The molecule has 1 N–H and O–H groups in total. The maximum Gasteiger partial charge on any atom is 0.0325 e. The Hall–Kier alpha value is -0.380. The molecule has 1 fully saturated rings. The van der Waals surface area contributed by atoms with Crippen molar-refractivity contribution in [1.82, 2.24) is 10.2 Å². The summed E-state index contributed by atoms with van der Waals surface area (Å²) in [5.74, 6) is 1.72. The van der Waals surface area contributed by atoms with E-state index in [1.807, 2.05) is 11.3 Å². The fourth-order valence-electron chi connectivity index (χ4n) is 2.16. The molecule has 0 aromatic carbocycles. The second-order valence-electron chi connectivity index (χ2n) is 6.03. The van der Waals surface area contributed by atoms with E-state index in [1.165, 1.54) is 29.1 Å². The van der Waals surface area contributed by atoms with Crippen LogP contribution in [0.15, 0.2) is 12.1 Å². The van der Waals surface area contributed by atoms with Crippen molar-refractivity contribution < 1.29 is 0 Å². The summed E-state index contributed by atoms with van der Waals surface area (Å²) < 4.78 is 0. The van der Waals surface area contributed by atoms with Gasteiger partial charge in [0.1, 0.15) is 0 Å². The lowest BCUT2D eigenvalue weighted by Crippen LogP contribution is -2.19. The maximum atomic E-state index is 3.51. The minimum Gasteiger partial charge on any atom is -0.312 e. The van der Waals surface area contributed by atoms with Crippen LogP contribution < -0.4 is 5.32 Å². The molecular weight excluding hydrogens is 240 g/mol. The molecule has 0 atom stereocenters. The van der Waals surface area contributed by atoms with Crippen molar-refractivity contribution in [3.8, 4) is 0 Å². The molecule has 0 bridgehead atoms. The summed E-state index contributed by atoms with van der Waals surface area (Å²) in [6, 6.07) is 4.57. The first kappa shape index (κ1) is 14.0. The minimum absolute atomic E-state index is 0.731. The van der Waals surface area contributed by atoms with E-state index in [-0.39, 0.29) is 0 Å². The third-order valence-corrected chi connectivity index (χ3v) is 4.33. The van der Waals surface area contributed by atoms with Gasteiger partial charge in [-0.1, -0.05) is 13.8 Å². The topological polar surface area (TPSA) is 15.3 Å². The summed E-state index contributed by atoms with van der Waals surface area (Å²) >= 11 is 1.96. The molecule has 0 saturated heterocycles. The highest BCUT2D eigenvalue weighted by atomic mass is 32.1. The SMILES string of the molecule is CC(C)CNCc1ccc(CN(C)CC2CC2)s1. The third-order valence-electron chi connectivity index (χ3n) is 3.26. The number of rotatable bonds is 8. The molecule has 1 aromatic rings. The van der Waals surface area contributed by atoms with Gasteiger partial charge in [0.2, 0.25) is 0 Å². The number of nitrogens with one attached hydrogen (secondary N) is 1. The van der Waals surface area contributed by atoms with Gasteiger partial charge in [-0.3, -0.25) is 0 Å². The summed E-state index contributed by atoms with van der Waals surface area (Å²) in [5.41, 5.74) is 0. The van der Waals surface area contributed by atoms with E-state index in [9.17, 15) is 0 Å². The summed E-state index contributed by atoms with van der Waals surface area (Å²) in [7, 11) is 2.24. The van der Waals surface area contributed by atoms with Crippen LogP contribution >= 0.6 is 11.3 Å². The van der Waals surface area contributed by atoms with E-state index < -0.39 is 0 Å². The molecule has 102 valence electrons. The third kappa shape index (κ3) is 5.09. The number of nitrogens with zero attached hydrogens (tertiary/aromatic N) is 1. The van der Waals surface area contributed by atoms with Gasteiger partial charge in [0, 0.05) is 29.4 Å². The van der Waals surface area contributed by atoms with Crippen LogP contribution in [0.5, 0.6) is 0 Å². The van der Waals surface area contributed by atoms with Crippen LogP contribution in [0.3, 0.4) is 0 Å². The van der Waals surface area contributed by atoms with Crippen LogP contribution in [0.1, 0.15) is 36.4 Å². The Bertz CT molecular complexity index is 355. The highest BCUT2D eigenvalue weighted by Crippen LogP contribution is 2.30. The molecule has 0 aliphatic heterocycles. The zero-order valence-corrected chi connectivity index (χ0v) is 12.7. The lowest BCUT2D eigenvalue weighted by molar-refractivity contribution is 0.316. The van der Waals surface area contributed by atoms with Crippen molar-refractivity contribution in [2.45, 2.75) is 39.8 Å². The van der Waals surface area contributed by atoms with Crippen molar-refractivity contribution in [1.29, 1.82) is 0 Å². The Morgan fingerprint density at radius 3 is 2.72 bits per heavy atom. The van der Waals surface area contributed by atoms with E-state index in [4.69, 9.17) is 0 Å². The van der Waals surface area contributed by atoms with Gasteiger partial charge in [-0.25, -0.2) is 0 Å². The zero-order chi connectivity index (χ0) is 13.0. The first-order chi connectivity index (χ1) is 8.63. The van der Waals surface area contributed by atoms with Gasteiger partial charge in [0.15, 0.2) is 0 Å². The minimum atomic E-state index is 0.731. The summed E-state index contributed by atoms with van der Waals surface area (Å²) in [6.07, 6.45) is 2.89. The number of thiophene rings is 1. The monoisotopic (exact) mass is 266 g/mol. The lowest BCUT2D eigenvalue weighted by Gasteiger charge is -2.14. The van der Waals surface area contributed by atoms with Crippen molar-refractivity contribution in [3.63, 3.8) is 0 Å². The summed E-state index contributed by atoms with van der Waals surface area (Å²) in [4.78, 5) is 5.43. The molecule has 1 saturated carbocycles. The molecule has 1 aliphatic rings. The highest BCUT2D eigenvalue weighted by Gasteiger charge is 2.22. The van der Waals surface area contributed by atoms with Crippen molar-refractivity contribution in [3.05, 3.63) is 21.9 Å². The number of hydrogen-bond acceptors (Lipinski definition) is 3. The van der Waals surface area contributed by atoms with E-state index in [1.54, 1.807) is 0 Å². The molecule has 1 aromatic heterocycles. The molecule has 2 nitrogen and oxygen atoms in total. The molecule has 0 radical (unpaired) electrons. The Labute approximate surface area is 115 Å². The van der Waals surface area contributed by atoms with E-state index in [0.717, 1.165) is 31.5 Å². The standard InChI is InChI=1S/C15H26N2S/c1-12(2)8-16-9-14-6-7-15(18-14)11-17(3)10-13-4-5-13/h6-7,12-13,16H,4-5,8-11H2,1-3H3. The van der Waals surface area contributed by atoms with Gasteiger partial charge in [0.05, 0.1) is 0 Å². The summed E-state index contributed by atoms with van der Waals surface area (Å²) in [5, 5.41) is 3.51. The molecule has 1 heterocycles. The van der Waals surface area contributed by atoms with Gasteiger partial charge in [-0.05, 0) is 50.4 Å². The zero-order valence-electron chi connectivity index (χ0n) is 11.9. The van der Waals surface area contributed by atoms with Crippen LogP contribution in [-0.4, -0.2) is 25.0 Å².